The van der Waals surface area contributed by atoms with Crippen LogP contribution in [-0.2, 0) is 26.2 Å². The van der Waals surface area contributed by atoms with E-state index >= 15 is 0 Å². The summed E-state index contributed by atoms with van der Waals surface area (Å²) in [7, 11) is 0. The largest absolute Gasteiger partial charge is 0.0656 e. The van der Waals surface area contributed by atoms with Crippen molar-refractivity contribution in [1.29, 1.82) is 0 Å². The third-order valence-electron chi connectivity index (χ3n) is 0. The van der Waals surface area contributed by atoms with Gasteiger partial charge in [0.05, 0.1) is 0 Å². The molecule has 0 nitrogen and oxygen atoms in total. The van der Waals surface area contributed by atoms with Crippen LogP contribution in [0, 0.1) is 0 Å². The van der Waals surface area contributed by atoms with Crippen LogP contribution < -0.4 is 0 Å². The van der Waals surface area contributed by atoms with Crippen LogP contribution in [0.15, 0.2) is 0 Å². The maximum absolute atomic E-state index is 2.12. The van der Waals surface area contributed by atoms with Crippen LogP contribution in [0.4, 0.5) is 0 Å². The van der Waals surface area contributed by atoms with E-state index in [4.69, 9.17) is 0 Å². The zero-order valence-electron chi connectivity index (χ0n) is 3.21. The molecule has 4 heavy (non-hydrogen) atoms. The molecular formula is C3H8Zr. The molecule has 0 aliphatic heterocycles. The van der Waals surface area contributed by atoms with E-state index in [-0.39, 0.29) is 26.2 Å². The van der Waals surface area contributed by atoms with Crippen molar-refractivity contribution < 1.29 is 26.2 Å². The first kappa shape index (κ1) is 8.86. The van der Waals surface area contributed by atoms with E-state index in [1.165, 1.54) is 6.42 Å². The minimum absolute atomic E-state index is 0. The van der Waals surface area contributed by atoms with E-state index in [1.807, 2.05) is 0 Å². The molecule has 0 spiro atoms. The summed E-state index contributed by atoms with van der Waals surface area (Å²) in [5, 5.41) is 0. The summed E-state index contributed by atoms with van der Waals surface area (Å²) in [5.74, 6) is 0. The molecule has 0 N–H and O–H groups in total. The maximum Gasteiger partial charge on any atom is 0 e. The van der Waals surface area contributed by atoms with E-state index in [2.05, 4.69) is 13.8 Å². The van der Waals surface area contributed by atoms with Gasteiger partial charge >= 0.3 is 0 Å². The molecular weight excluding hydrogens is 127 g/mol. The van der Waals surface area contributed by atoms with Gasteiger partial charge in [-0.15, -0.1) is 0 Å². The van der Waals surface area contributed by atoms with Crippen LogP contribution in [0.5, 0.6) is 0 Å². The molecule has 0 saturated carbocycles. The standard InChI is InChI=1S/C3H8.Zr/c1-3-2;/h3H2,1-2H3;. The van der Waals surface area contributed by atoms with Gasteiger partial charge in [0.15, 0.2) is 0 Å². The average Bonchev–Trinajstić information content (AvgIpc) is 0.918. The second kappa shape index (κ2) is 9.10. The van der Waals surface area contributed by atoms with Crippen molar-refractivity contribution in [2.75, 3.05) is 0 Å². The average molecular weight is 135 g/mol. The molecule has 24 valence electrons. The van der Waals surface area contributed by atoms with Gasteiger partial charge in [0.2, 0.25) is 0 Å². The Kier molecular flexibility index (Phi) is 20.2. The van der Waals surface area contributed by atoms with Gasteiger partial charge in [-0.3, -0.25) is 0 Å². The molecule has 1 heteroatoms. The van der Waals surface area contributed by atoms with Gasteiger partial charge in [-0.1, -0.05) is 20.3 Å². The zero-order valence-corrected chi connectivity index (χ0v) is 5.67. The summed E-state index contributed by atoms with van der Waals surface area (Å²) in [5.41, 5.74) is 0. The van der Waals surface area contributed by atoms with Gasteiger partial charge in [-0.2, -0.15) is 0 Å². The van der Waals surface area contributed by atoms with Crippen molar-refractivity contribution >= 4 is 0 Å². The third kappa shape index (κ3) is 13.1. The second-order valence-corrected chi connectivity index (χ2v) is 0.707. The molecule has 0 radical (unpaired) electrons. The molecule has 0 aromatic carbocycles. The summed E-state index contributed by atoms with van der Waals surface area (Å²) in [6, 6.07) is 0. The van der Waals surface area contributed by atoms with E-state index in [1.54, 1.807) is 0 Å². The van der Waals surface area contributed by atoms with Gasteiger partial charge in [0.1, 0.15) is 0 Å². The van der Waals surface area contributed by atoms with Gasteiger partial charge in [0, 0.05) is 26.2 Å². The van der Waals surface area contributed by atoms with Crippen LogP contribution in [0.2, 0.25) is 0 Å². The first-order valence-corrected chi connectivity index (χ1v) is 1.41. The summed E-state index contributed by atoms with van der Waals surface area (Å²) < 4.78 is 0. The van der Waals surface area contributed by atoms with Crippen molar-refractivity contribution in [3.8, 4) is 0 Å². The smallest absolute Gasteiger partial charge is 0 e. The van der Waals surface area contributed by atoms with Crippen molar-refractivity contribution in [2.45, 2.75) is 20.3 Å². The Morgan fingerprint density at radius 3 is 1.25 bits per heavy atom. The van der Waals surface area contributed by atoms with Gasteiger partial charge < -0.3 is 0 Å². The van der Waals surface area contributed by atoms with Crippen LogP contribution in [0.25, 0.3) is 0 Å². The van der Waals surface area contributed by atoms with Crippen LogP contribution in [0.1, 0.15) is 20.3 Å². The zero-order chi connectivity index (χ0) is 2.71. The van der Waals surface area contributed by atoms with Crippen LogP contribution >= 0.6 is 0 Å². The molecule has 0 unspecified atom stereocenters. The van der Waals surface area contributed by atoms with E-state index in [0.717, 1.165) is 0 Å². The molecule has 0 aromatic heterocycles. The fourth-order valence-corrected chi connectivity index (χ4v) is 0. The molecule has 0 atom stereocenters. The van der Waals surface area contributed by atoms with Crippen molar-refractivity contribution in [3.63, 3.8) is 0 Å². The minimum Gasteiger partial charge on any atom is -0.0656 e. The summed E-state index contributed by atoms with van der Waals surface area (Å²) in [6.45, 7) is 4.25. The Hall–Kier alpha value is 0.883. The van der Waals surface area contributed by atoms with Gasteiger partial charge in [-0.25, -0.2) is 0 Å². The number of hydrogen-bond donors (Lipinski definition) is 0. The van der Waals surface area contributed by atoms with E-state index in [9.17, 15) is 0 Å². The molecule has 0 aromatic rings. The Labute approximate surface area is 46.7 Å². The topological polar surface area (TPSA) is 0 Å². The third-order valence-corrected chi connectivity index (χ3v) is 0. The monoisotopic (exact) mass is 134 g/mol. The van der Waals surface area contributed by atoms with Gasteiger partial charge in [-0.05, 0) is 0 Å². The Bertz CT molecular complexity index is 3.25. The fourth-order valence-electron chi connectivity index (χ4n) is 0. The Morgan fingerprint density at radius 2 is 1.25 bits per heavy atom. The summed E-state index contributed by atoms with van der Waals surface area (Å²) in [6.07, 6.45) is 1.25. The normalized spacial score (nSPS) is 4.50. The molecule has 0 bridgehead atoms. The fraction of sp³-hybridized carbons (Fsp3) is 1.00. The summed E-state index contributed by atoms with van der Waals surface area (Å²) in [4.78, 5) is 0. The predicted molar refractivity (Wildman–Crippen MR) is 16.0 cm³/mol. The van der Waals surface area contributed by atoms with E-state index < -0.39 is 0 Å². The Balaban J connectivity index is 0. The van der Waals surface area contributed by atoms with E-state index in [0.29, 0.717) is 0 Å². The molecule has 0 heterocycles. The quantitative estimate of drug-likeness (QED) is 0.471. The molecule has 0 fully saturated rings. The molecule has 0 aliphatic rings. The number of rotatable bonds is 0. The van der Waals surface area contributed by atoms with Crippen LogP contribution in [0.3, 0.4) is 0 Å². The molecule has 0 saturated heterocycles. The molecule has 0 aliphatic carbocycles. The molecule has 0 rings (SSSR count). The second-order valence-electron chi connectivity index (χ2n) is 0.707. The minimum atomic E-state index is 0. The first-order chi connectivity index (χ1) is 1.41. The first-order valence-electron chi connectivity index (χ1n) is 1.41. The van der Waals surface area contributed by atoms with Gasteiger partial charge in [0.25, 0.3) is 0 Å². The van der Waals surface area contributed by atoms with Crippen LogP contribution in [-0.4, -0.2) is 0 Å². The van der Waals surface area contributed by atoms with Crippen molar-refractivity contribution in [1.82, 2.24) is 0 Å². The SMILES string of the molecule is CCC.[Zr]. The number of hydrogen-bond acceptors (Lipinski definition) is 0. The predicted octanol–water partition coefficient (Wildman–Crippen LogP) is 1.41. The summed E-state index contributed by atoms with van der Waals surface area (Å²) >= 11 is 0. The Morgan fingerprint density at radius 1 is 1.25 bits per heavy atom. The maximum atomic E-state index is 2.12. The van der Waals surface area contributed by atoms with Crippen molar-refractivity contribution in [3.05, 3.63) is 0 Å². The van der Waals surface area contributed by atoms with Crippen molar-refractivity contribution in [2.24, 2.45) is 0 Å². The molecule has 0 amide bonds.